The van der Waals surface area contributed by atoms with E-state index in [2.05, 4.69) is 31.4 Å². The van der Waals surface area contributed by atoms with Crippen molar-refractivity contribution < 1.29 is 14.0 Å². The lowest BCUT2D eigenvalue weighted by molar-refractivity contribution is -0.120. The molecular weight excluding hydrogens is 331 g/mol. The molecule has 0 heterocycles. The summed E-state index contributed by atoms with van der Waals surface area (Å²) < 4.78 is 12.8. The van der Waals surface area contributed by atoms with Gasteiger partial charge in [-0.15, -0.1) is 0 Å². The Morgan fingerprint density at radius 3 is 2.04 bits per heavy atom. The summed E-state index contributed by atoms with van der Waals surface area (Å²) >= 11 is 0. The number of rotatable bonds is 6. The second kappa shape index (κ2) is 8.61. The van der Waals surface area contributed by atoms with Gasteiger partial charge in [0.25, 0.3) is 5.91 Å². The fourth-order valence-electron chi connectivity index (χ4n) is 2.45. The molecule has 2 aromatic rings. The third-order valence-electron chi connectivity index (χ3n) is 4.02. The minimum Gasteiger partial charge on any atom is -0.354 e. The Morgan fingerprint density at radius 1 is 0.885 bits per heavy atom. The first-order valence-electron chi connectivity index (χ1n) is 8.65. The molecule has 2 amide bonds. The Labute approximate surface area is 153 Å². The van der Waals surface area contributed by atoms with Crippen LogP contribution in [0, 0.1) is 5.82 Å². The van der Waals surface area contributed by atoms with Crippen LogP contribution in [0.4, 0.5) is 4.39 Å². The summed E-state index contributed by atoms with van der Waals surface area (Å²) in [5.74, 6) is -0.661. The number of carbonyl (C=O) groups excluding carboxylic acids is 2. The summed E-state index contributed by atoms with van der Waals surface area (Å²) in [6.45, 7) is 7.05. The van der Waals surface area contributed by atoms with E-state index in [0.717, 1.165) is 5.56 Å². The summed E-state index contributed by atoms with van der Waals surface area (Å²) in [5.41, 5.74) is 2.55. The first-order chi connectivity index (χ1) is 12.3. The molecule has 5 heteroatoms. The van der Waals surface area contributed by atoms with Crippen molar-refractivity contribution in [3.05, 3.63) is 71.0 Å². The van der Waals surface area contributed by atoms with Crippen LogP contribution in [0.15, 0.2) is 48.5 Å². The molecule has 26 heavy (non-hydrogen) atoms. The van der Waals surface area contributed by atoms with Gasteiger partial charge in [-0.1, -0.05) is 45.0 Å². The Balaban J connectivity index is 1.72. The number of hydrogen-bond donors (Lipinski definition) is 2. The molecule has 2 N–H and O–H groups in total. The Kier molecular flexibility index (Phi) is 6.50. The van der Waals surface area contributed by atoms with Crippen LogP contribution in [0.3, 0.4) is 0 Å². The van der Waals surface area contributed by atoms with Crippen LogP contribution in [-0.4, -0.2) is 24.9 Å². The van der Waals surface area contributed by atoms with Crippen molar-refractivity contribution in [2.75, 3.05) is 13.1 Å². The third-order valence-corrected chi connectivity index (χ3v) is 4.02. The molecule has 138 valence electrons. The molecule has 0 unspecified atom stereocenters. The van der Waals surface area contributed by atoms with Gasteiger partial charge in [0.05, 0.1) is 6.42 Å². The van der Waals surface area contributed by atoms with Crippen LogP contribution >= 0.6 is 0 Å². The van der Waals surface area contributed by atoms with Crippen molar-refractivity contribution in [3.63, 3.8) is 0 Å². The summed E-state index contributed by atoms with van der Waals surface area (Å²) in [6, 6.07) is 13.3. The number of amides is 2. The van der Waals surface area contributed by atoms with Crippen molar-refractivity contribution in [3.8, 4) is 0 Å². The van der Waals surface area contributed by atoms with Crippen molar-refractivity contribution in [1.29, 1.82) is 0 Å². The van der Waals surface area contributed by atoms with Crippen LogP contribution < -0.4 is 10.6 Å². The molecule has 0 aliphatic carbocycles. The second-order valence-corrected chi connectivity index (χ2v) is 7.24. The van der Waals surface area contributed by atoms with Crippen LogP contribution in [0.2, 0.25) is 0 Å². The lowest BCUT2D eigenvalue weighted by atomic mass is 9.87. The van der Waals surface area contributed by atoms with Gasteiger partial charge in [-0.05, 0) is 40.8 Å². The largest absolute Gasteiger partial charge is 0.354 e. The molecule has 0 saturated heterocycles. The molecule has 4 nitrogen and oxygen atoms in total. The minimum atomic E-state index is -0.326. The van der Waals surface area contributed by atoms with Crippen molar-refractivity contribution in [2.45, 2.75) is 32.6 Å². The zero-order valence-corrected chi connectivity index (χ0v) is 15.4. The highest BCUT2D eigenvalue weighted by Gasteiger charge is 2.14. The fourth-order valence-corrected chi connectivity index (χ4v) is 2.45. The SMILES string of the molecule is CC(C)(C)c1ccc(C(=O)NCCNC(=O)Cc2ccc(F)cc2)cc1. The van der Waals surface area contributed by atoms with Gasteiger partial charge >= 0.3 is 0 Å². The normalized spacial score (nSPS) is 11.1. The molecule has 0 aliphatic rings. The number of nitrogens with one attached hydrogen (secondary N) is 2. The maximum absolute atomic E-state index is 12.8. The van der Waals surface area contributed by atoms with Gasteiger partial charge < -0.3 is 10.6 Å². The van der Waals surface area contributed by atoms with Crippen molar-refractivity contribution in [1.82, 2.24) is 10.6 Å². The zero-order chi connectivity index (χ0) is 19.2. The Morgan fingerprint density at radius 2 is 1.46 bits per heavy atom. The molecule has 0 saturated carbocycles. The molecular formula is C21H25FN2O2. The quantitative estimate of drug-likeness (QED) is 0.781. The van der Waals surface area contributed by atoms with E-state index in [-0.39, 0.29) is 29.5 Å². The fraction of sp³-hybridized carbons (Fsp3) is 0.333. The minimum absolute atomic E-state index is 0.0454. The van der Waals surface area contributed by atoms with Gasteiger partial charge in [0.2, 0.25) is 5.91 Å². The number of carbonyl (C=O) groups is 2. The molecule has 0 spiro atoms. The highest BCUT2D eigenvalue weighted by molar-refractivity contribution is 5.94. The maximum atomic E-state index is 12.8. The van der Waals surface area contributed by atoms with E-state index in [9.17, 15) is 14.0 Å². The molecule has 0 atom stereocenters. The number of halogens is 1. The standard InChI is InChI=1S/C21H25FN2O2/c1-21(2,3)17-8-6-16(7-9-17)20(26)24-13-12-23-19(25)14-15-4-10-18(22)11-5-15/h4-11H,12-14H2,1-3H3,(H,23,25)(H,24,26). The highest BCUT2D eigenvalue weighted by atomic mass is 19.1. The van der Waals surface area contributed by atoms with Gasteiger partial charge in [0.1, 0.15) is 5.82 Å². The van der Waals surface area contributed by atoms with Gasteiger partial charge in [-0.25, -0.2) is 4.39 Å². The van der Waals surface area contributed by atoms with Gasteiger partial charge in [-0.2, -0.15) is 0 Å². The number of hydrogen-bond acceptors (Lipinski definition) is 2. The Hall–Kier alpha value is -2.69. The predicted octanol–water partition coefficient (Wildman–Crippen LogP) is 3.21. The molecule has 2 aromatic carbocycles. The maximum Gasteiger partial charge on any atom is 0.251 e. The van der Waals surface area contributed by atoms with E-state index < -0.39 is 0 Å². The van der Waals surface area contributed by atoms with E-state index in [1.54, 1.807) is 12.1 Å². The summed E-state index contributed by atoms with van der Waals surface area (Å²) in [6.07, 6.45) is 0.183. The van der Waals surface area contributed by atoms with E-state index in [0.29, 0.717) is 18.7 Å². The molecule has 2 rings (SSSR count). The number of benzene rings is 2. The molecule has 0 fully saturated rings. The lowest BCUT2D eigenvalue weighted by Gasteiger charge is -2.19. The van der Waals surface area contributed by atoms with Crippen molar-refractivity contribution >= 4 is 11.8 Å². The summed E-state index contributed by atoms with van der Waals surface area (Å²) in [5, 5.41) is 5.51. The van der Waals surface area contributed by atoms with Gasteiger partial charge in [0, 0.05) is 18.7 Å². The van der Waals surface area contributed by atoms with Gasteiger partial charge in [-0.3, -0.25) is 9.59 Å². The summed E-state index contributed by atoms with van der Waals surface area (Å²) in [4.78, 5) is 23.9. The third kappa shape index (κ3) is 5.99. The van der Waals surface area contributed by atoms with E-state index in [1.165, 1.54) is 17.7 Å². The van der Waals surface area contributed by atoms with E-state index in [4.69, 9.17) is 0 Å². The first-order valence-corrected chi connectivity index (χ1v) is 8.65. The smallest absolute Gasteiger partial charge is 0.251 e. The van der Waals surface area contributed by atoms with Gasteiger partial charge in [0.15, 0.2) is 0 Å². The first kappa shape index (κ1) is 19.6. The van der Waals surface area contributed by atoms with Crippen molar-refractivity contribution in [2.24, 2.45) is 0 Å². The van der Waals surface area contributed by atoms with Crippen LogP contribution in [-0.2, 0) is 16.6 Å². The molecule has 0 aliphatic heterocycles. The topological polar surface area (TPSA) is 58.2 Å². The monoisotopic (exact) mass is 356 g/mol. The van der Waals surface area contributed by atoms with E-state index in [1.807, 2.05) is 24.3 Å². The average Bonchev–Trinajstić information content (AvgIpc) is 2.60. The zero-order valence-electron chi connectivity index (χ0n) is 15.4. The van der Waals surface area contributed by atoms with Crippen LogP contribution in [0.1, 0.15) is 42.3 Å². The van der Waals surface area contributed by atoms with Crippen LogP contribution in [0.5, 0.6) is 0 Å². The molecule has 0 radical (unpaired) electrons. The lowest BCUT2D eigenvalue weighted by Crippen LogP contribution is -2.35. The average molecular weight is 356 g/mol. The molecule has 0 aromatic heterocycles. The van der Waals surface area contributed by atoms with Crippen LogP contribution in [0.25, 0.3) is 0 Å². The highest BCUT2D eigenvalue weighted by Crippen LogP contribution is 2.22. The van der Waals surface area contributed by atoms with E-state index >= 15 is 0 Å². The second-order valence-electron chi connectivity index (χ2n) is 7.24. The summed E-state index contributed by atoms with van der Waals surface area (Å²) in [7, 11) is 0. The molecule has 0 bridgehead atoms. The Bertz CT molecular complexity index is 747. The predicted molar refractivity (Wildman–Crippen MR) is 101 cm³/mol.